The topological polar surface area (TPSA) is 73.5 Å². The number of fused-ring (bicyclic) bond motifs is 1. The van der Waals surface area contributed by atoms with Crippen LogP contribution >= 0.6 is 0 Å². The number of aliphatic hydroxyl groups excluding tert-OH is 2. The van der Waals surface area contributed by atoms with Crippen molar-refractivity contribution in [3.63, 3.8) is 0 Å². The summed E-state index contributed by atoms with van der Waals surface area (Å²) >= 11 is 0. The normalized spacial score (nSPS) is 26.4. The molecule has 4 nitrogen and oxygen atoms in total. The van der Waals surface area contributed by atoms with E-state index in [0.717, 1.165) is 0 Å². The maximum absolute atomic E-state index is 9.95. The van der Waals surface area contributed by atoms with Gasteiger partial charge in [0.2, 0.25) is 0 Å². The summed E-state index contributed by atoms with van der Waals surface area (Å²) in [5.41, 5.74) is 0.0693. The number of nitriles is 1. The molecule has 0 aliphatic carbocycles. The van der Waals surface area contributed by atoms with Gasteiger partial charge in [-0.1, -0.05) is 0 Å². The van der Waals surface area contributed by atoms with Crippen LogP contribution < -0.4 is 4.74 Å². The number of nitrogens with zero attached hydrogens (tertiary/aromatic N) is 1. The summed E-state index contributed by atoms with van der Waals surface area (Å²) in [6.07, 6.45) is -2.03. The molecule has 0 saturated carbocycles. The summed E-state index contributed by atoms with van der Waals surface area (Å²) in [6.45, 7) is 3.42. The molecule has 1 aliphatic heterocycles. The fourth-order valence-electron chi connectivity index (χ4n) is 1.84. The molecule has 0 spiro atoms. The molecule has 1 aromatic carbocycles. The van der Waals surface area contributed by atoms with E-state index >= 15 is 0 Å². The first-order valence-electron chi connectivity index (χ1n) is 5.05. The zero-order valence-electron chi connectivity index (χ0n) is 9.14. The molecule has 0 fully saturated rings. The lowest BCUT2D eigenvalue weighted by Gasteiger charge is -2.40. The van der Waals surface area contributed by atoms with Crippen LogP contribution in [0.5, 0.6) is 5.75 Å². The highest BCUT2D eigenvalue weighted by molar-refractivity contribution is 5.45. The SMILES string of the molecule is CC1(C)Oc2ccc(C#N)cc2[C@H](O)[C@H]1O. The van der Waals surface area contributed by atoms with Crippen LogP contribution in [0.15, 0.2) is 18.2 Å². The van der Waals surface area contributed by atoms with Crippen LogP contribution in [-0.4, -0.2) is 21.9 Å². The minimum Gasteiger partial charge on any atom is -0.485 e. The molecule has 2 N–H and O–H groups in total. The quantitative estimate of drug-likeness (QED) is 0.685. The Labute approximate surface area is 93.7 Å². The smallest absolute Gasteiger partial charge is 0.132 e. The lowest BCUT2D eigenvalue weighted by Crippen LogP contribution is -2.48. The Morgan fingerprint density at radius 3 is 2.69 bits per heavy atom. The summed E-state index contributed by atoms with van der Waals surface area (Å²) in [7, 11) is 0. The zero-order valence-corrected chi connectivity index (χ0v) is 9.14. The lowest BCUT2D eigenvalue weighted by molar-refractivity contribution is -0.111. The largest absolute Gasteiger partial charge is 0.485 e. The number of ether oxygens (including phenoxy) is 1. The molecule has 0 bridgehead atoms. The second kappa shape index (κ2) is 3.48. The molecule has 0 amide bonds. The second-order valence-electron chi connectivity index (χ2n) is 4.46. The number of benzene rings is 1. The van der Waals surface area contributed by atoms with Gasteiger partial charge in [0.05, 0.1) is 11.6 Å². The maximum atomic E-state index is 9.95. The fraction of sp³-hybridized carbons (Fsp3) is 0.417. The lowest BCUT2D eigenvalue weighted by atomic mass is 9.88. The van der Waals surface area contributed by atoms with Gasteiger partial charge >= 0.3 is 0 Å². The van der Waals surface area contributed by atoms with Gasteiger partial charge in [0.15, 0.2) is 0 Å². The molecule has 84 valence electrons. The van der Waals surface area contributed by atoms with Crippen LogP contribution in [0.2, 0.25) is 0 Å². The van der Waals surface area contributed by atoms with Gasteiger partial charge in [0.1, 0.15) is 23.6 Å². The molecule has 0 aromatic heterocycles. The monoisotopic (exact) mass is 219 g/mol. The molecular weight excluding hydrogens is 206 g/mol. The van der Waals surface area contributed by atoms with Crippen LogP contribution in [0.3, 0.4) is 0 Å². The van der Waals surface area contributed by atoms with Crippen molar-refractivity contribution in [3.05, 3.63) is 29.3 Å². The van der Waals surface area contributed by atoms with Crippen molar-refractivity contribution in [2.24, 2.45) is 0 Å². The summed E-state index contributed by atoms with van der Waals surface area (Å²) < 4.78 is 5.58. The number of rotatable bonds is 0. The zero-order chi connectivity index (χ0) is 11.9. The van der Waals surface area contributed by atoms with Crippen LogP contribution in [0.25, 0.3) is 0 Å². The summed E-state index contributed by atoms with van der Waals surface area (Å²) in [4.78, 5) is 0. The Bertz CT molecular complexity index is 462. The first-order valence-corrected chi connectivity index (χ1v) is 5.05. The minimum absolute atomic E-state index is 0.438. The second-order valence-corrected chi connectivity index (χ2v) is 4.46. The predicted molar refractivity (Wildman–Crippen MR) is 56.8 cm³/mol. The van der Waals surface area contributed by atoms with Crippen LogP contribution in [-0.2, 0) is 0 Å². The van der Waals surface area contributed by atoms with Crippen molar-refractivity contribution in [2.75, 3.05) is 0 Å². The molecule has 0 saturated heterocycles. The Kier molecular flexibility index (Phi) is 2.38. The standard InChI is InChI=1S/C12H13NO3/c1-12(2)11(15)10(14)8-5-7(6-13)3-4-9(8)16-12/h3-5,10-11,14-15H,1-2H3/t10-,11+/m0/s1. The van der Waals surface area contributed by atoms with Gasteiger partial charge in [-0.05, 0) is 32.0 Å². The first-order chi connectivity index (χ1) is 7.45. The Morgan fingerprint density at radius 1 is 1.38 bits per heavy atom. The van der Waals surface area contributed by atoms with E-state index in [1.54, 1.807) is 32.0 Å². The summed E-state index contributed by atoms with van der Waals surface area (Å²) in [5.74, 6) is 0.516. The molecule has 0 unspecified atom stereocenters. The Balaban J connectivity index is 2.52. The third-order valence-corrected chi connectivity index (χ3v) is 2.84. The van der Waals surface area contributed by atoms with Crippen LogP contribution in [0.4, 0.5) is 0 Å². The Hall–Kier alpha value is -1.57. The van der Waals surface area contributed by atoms with Crippen molar-refractivity contribution < 1.29 is 14.9 Å². The molecule has 1 aromatic rings. The van der Waals surface area contributed by atoms with Gasteiger partial charge in [0.25, 0.3) is 0 Å². The minimum atomic E-state index is -1.02. The predicted octanol–water partition coefficient (Wildman–Crippen LogP) is 1.12. The highest BCUT2D eigenvalue weighted by Gasteiger charge is 2.42. The van der Waals surface area contributed by atoms with Crippen molar-refractivity contribution in [2.45, 2.75) is 31.7 Å². The van der Waals surface area contributed by atoms with E-state index in [4.69, 9.17) is 10.00 Å². The molecule has 0 radical (unpaired) electrons. The number of hydrogen-bond donors (Lipinski definition) is 2. The Morgan fingerprint density at radius 2 is 2.06 bits per heavy atom. The van der Waals surface area contributed by atoms with Crippen molar-refractivity contribution >= 4 is 0 Å². The molecule has 2 rings (SSSR count). The van der Waals surface area contributed by atoms with Crippen molar-refractivity contribution in [1.82, 2.24) is 0 Å². The van der Waals surface area contributed by atoms with Crippen molar-refractivity contribution in [1.29, 1.82) is 5.26 Å². The van der Waals surface area contributed by atoms with Gasteiger partial charge in [-0.2, -0.15) is 5.26 Å². The number of aliphatic hydroxyl groups is 2. The van der Waals surface area contributed by atoms with Crippen LogP contribution in [0, 0.1) is 11.3 Å². The fourth-order valence-corrected chi connectivity index (χ4v) is 1.84. The molecule has 16 heavy (non-hydrogen) atoms. The highest BCUT2D eigenvalue weighted by atomic mass is 16.5. The number of hydrogen-bond acceptors (Lipinski definition) is 4. The van der Waals surface area contributed by atoms with Gasteiger partial charge in [-0.25, -0.2) is 0 Å². The summed E-state index contributed by atoms with van der Waals surface area (Å²) in [5, 5.41) is 28.6. The van der Waals surface area contributed by atoms with E-state index in [-0.39, 0.29) is 0 Å². The molecule has 4 heteroatoms. The van der Waals surface area contributed by atoms with Crippen molar-refractivity contribution in [3.8, 4) is 11.8 Å². The van der Waals surface area contributed by atoms with E-state index in [2.05, 4.69) is 0 Å². The van der Waals surface area contributed by atoms with Gasteiger partial charge in [-0.3, -0.25) is 0 Å². The van der Waals surface area contributed by atoms with E-state index in [1.165, 1.54) is 0 Å². The third kappa shape index (κ3) is 1.54. The average molecular weight is 219 g/mol. The molecular formula is C12H13NO3. The summed E-state index contributed by atoms with van der Waals surface area (Å²) in [6, 6.07) is 6.79. The van der Waals surface area contributed by atoms with Gasteiger partial charge in [-0.15, -0.1) is 0 Å². The van der Waals surface area contributed by atoms with E-state index in [9.17, 15) is 10.2 Å². The van der Waals surface area contributed by atoms with E-state index in [1.807, 2.05) is 6.07 Å². The average Bonchev–Trinajstić information content (AvgIpc) is 2.25. The molecule has 2 atom stereocenters. The molecule has 1 aliphatic rings. The van der Waals surface area contributed by atoms with E-state index < -0.39 is 17.8 Å². The first kappa shape index (κ1) is 10.9. The van der Waals surface area contributed by atoms with E-state index in [0.29, 0.717) is 16.9 Å². The molecule has 1 heterocycles. The van der Waals surface area contributed by atoms with Crippen LogP contribution in [0.1, 0.15) is 31.1 Å². The third-order valence-electron chi connectivity index (χ3n) is 2.84. The van der Waals surface area contributed by atoms with Gasteiger partial charge in [0, 0.05) is 5.56 Å². The highest BCUT2D eigenvalue weighted by Crippen LogP contribution is 2.39. The maximum Gasteiger partial charge on any atom is 0.132 e. The van der Waals surface area contributed by atoms with Gasteiger partial charge < -0.3 is 14.9 Å².